The number of aliphatic hydroxyl groups excluding tert-OH is 2. The van der Waals surface area contributed by atoms with E-state index in [0.717, 1.165) is 38.5 Å². The molecule has 2 unspecified atom stereocenters. The molecule has 0 aromatic heterocycles. The number of nitrogens with one attached hydrogen (secondary N) is 1. The number of hydrogen-bond donors (Lipinski definition) is 3. The van der Waals surface area contributed by atoms with Crippen molar-refractivity contribution in [2.45, 2.75) is 469 Å². The van der Waals surface area contributed by atoms with Gasteiger partial charge in [-0.1, -0.05) is 411 Å². The Morgan fingerprint density at radius 1 is 0.310 bits per heavy atom. The molecule has 2 atom stereocenters. The molecule has 6 nitrogen and oxygen atoms in total. The van der Waals surface area contributed by atoms with Crippen LogP contribution in [0.2, 0.25) is 0 Å². The van der Waals surface area contributed by atoms with Gasteiger partial charge in [0.2, 0.25) is 5.91 Å². The molecular formula is C81H157NO5. The van der Waals surface area contributed by atoms with Gasteiger partial charge in [-0.25, -0.2) is 0 Å². The zero-order valence-corrected chi connectivity index (χ0v) is 59.3. The van der Waals surface area contributed by atoms with Crippen molar-refractivity contribution < 1.29 is 24.5 Å². The second-order valence-electron chi connectivity index (χ2n) is 27.8. The molecule has 0 aliphatic heterocycles. The largest absolute Gasteiger partial charge is 0.466 e. The summed E-state index contributed by atoms with van der Waals surface area (Å²) in [4.78, 5) is 24.6. The summed E-state index contributed by atoms with van der Waals surface area (Å²) in [6, 6.07) is -0.625. The zero-order valence-electron chi connectivity index (χ0n) is 59.3. The van der Waals surface area contributed by atoms with Crippen LogP contribution in [0.3, 0.4) is 0 Å². The average molecular weight is 1230 g/mol. The maximum atomic E-state index is 12.5. The van der Waals surface area contributed by atoms with Crippen LogP contribution in [0.1, 0.15) is 457 Å². The van der Waals surface area contributed by atoms with Crippen LogP contribution in [0.15, 0.2) is 24.3 Å². The SMILES string of the molecule is CCCCCCCC/C=C\CCCCCCCCCC(=O)OCCCCCCCCCCCCCCCCCCCCCCCCCCCCCCCCCCCC(=O)NC(CO)C(O)/C=C/CCCCCCCCCCCCCCCCCCCC. The number of carbonyl (C=O) groups is 2. The second-order valence-corrected chi connectivity index (χ2v) is 27.8. The summed E-state index contributed by atoms with van der Waals surface area (Å²) in [5.74, 6) is -0.0393. The molecule has 0 aromatic carbocycles. The van der Waals surface area contributed by atoms with Crippen LogP contribution in [-0.2, 0) is 14.3 Å². The van der Waals surface area contributed by atoms with Crippen molar-refractivity contribution in [2.24, 2.45) is 0 Å². The first-order valence-corrected chi connectivity index (χ1v) is 40.1. The number of rotatable bonds is 76. The van der Waals surface area contributed by atoms with Gasteiger partial charge in [-0.2, -0.15) is 0 Å². The Bertz CT molecular complexity index is 1360. The zero-order chi connectivity index (χ0) is 62.8. The molecule has 0 bridgehead atoms. The highest BCUT2D eigenvalue weighted by molar-refractivity contribution is 5.76. The third-order valence-electron chi connectivity index (χ3n) is 19.0. The summed E-state index contributed by atoms with van der Waals surface area (Å²) in [7, 11) is 0. The van der Waals surface area contributed by atoms with Crippen LogP contribution in [0.4, 0.5) is 0 Å². The fourth-order valence-electron chi connectivity index (χ4n) is 12.9. The minimum Gasteiger partial charge on any atom is -0.466 e. The quantitative estimate of drug-likeness (QED) is 0.0320. The molecule has 6 heteroatoms. The van der Waals surface area contributed by atoms with Crippen molar-refractivity contribution in [3.8, 4) is 0 Å². The number of carbonyl (C=O) groups excluding carboxylic acids is 2. The van der Waals surface area contributed by atoms with E-state index in [4.69, 9.17) is 4.74 Å². The molecule has 1 amide bonds. The van der Waals surface area contributed by atoms with Crippen LogP contribution in [0.25, 0.3) is 0 Å². The summed E-state index contributed by atoms with van der Waals surface area (Å²) in [6.07, 6.45) is 98.8. The van der Waals surface area contributed by atoms with Gasteiger partial charge in [0.15, 0.2) is 0 Å². The number of hydrogen-bond acceptors (Lipinski definition) is 5. The van der Waals surface area contributed by atoms with E-state index in [-0.39, 0.29) is 18.5 Å². The predicted octanol–water partition coefficient (Wildman–Crippen LogP) is 26.4. The van der Waals surface area contributed by atoms with Gasteiger partial charge in [0.25, 0.3) is 0 Å². The van der Waals surface area contributed by atoms with E-state index in [1.54, 1.807) is 6.08 Å². The Hall–Kier alpha value is -1.66. The molecular weight excluding hydrogens is 1070 g/mol. The Labute approximate surface area is 545 Å². The highest BCUT2D eigenvalue weighted by Gasteiger charge is 2.18. The smallest absolute Gasteiger partial charge is 0.305 e. The van der Waals surface area contributed by atoms with Crippen LogP contribution < -0.4 is 5.32 Å². The summed E-state index contributed by atoms with van der Waals surface area (Å²) >= 11 is 0. The molecule has 0 radical (unpaired) electrons. The Morgan fingerprint density at radius 3 is 0.816 bits per heavy atom. The maximum Gasteiger partial charge on any atom is 0.305 e. The van der Waals surface area contributed by atoms with Gasteiger partial charge in [0.1, 0.15) is 0 Å². The molecule has 0 aliphatic carbocycles. The number of allylic oxidation sites excluding steroid dienone is 3. The van der Waals surface area contributed by atoms with Gasteiger partial charge in [0.05, 0.1) is 25.4 Å². The number of aliphatic hydroxyl groups is 2. The fourth-order valence-corrected chi connectivity index (χ4v) is 12.9. The third-order valence-corrected chi connectivity index (χ3v) is 19.0. The lowest BCUT2D eigenvalue weighted by Gasteiger charge is -2.20. The predicted molar refractivity (Wildman–Crippen MR) is 384 cm³/mol. The van der Waals surface area contributed by atoms with E-state index in [1.807, 2.05) is 6.08 Å². The van der Waals surface area contributed by atoms with Crippen LogP contribution >= 0.6 is 0 Å². The molecule has 0 aromatic rings. The van der Waals surface area contributed by atoms with Crippen molar-refractivity contribution in [1.82, 2.24) is 5.32 Å². The second kappa shape index (κ2) is 76.8. The topological polar surface area (TPSA) is 95.9 Å². The van der Waals surface area contributed by atoms with Gasteiger partial charge in [0, 0.05) is 12.8 Å². The molecule has 0 saturated heterocycles. The first kappa shape index (κ1) is 85.3. The summed E-state index contributed by atoms with van der Waals surface area (Å²) < 4.78 is 5.51. The lowest BCUT2D eigenvalue weighted by Crippen LogP contribution is -2.45. The fraction of sp³-hybridized carbons (Fsp3) is 0.926. The van der Waals surface area contributed by atoms with Gasteiger partial charge < -0.3 is 20.3 Å². The normalized spacial score (nSPS) is 12.6. The molecule has 516 valence electrons. The lowest BCUT2D eigenvalue weighted by atomic mass is 10.0. The highest BCUT2D eigenvalue weighted by Crippen LogP contribution is 2.20. The van der Waals surface area contributed by atoms with Gasteiger partial charge in [-0.15, -0.1) is 0 Å². The van der Waals surface area contributed by atoms with Crippen molar-refractivity contribution in [3.05, 3.63) is 24.3 Å². The third kappa shape index (κ3) is 73.3. The van der Waals surface area contributed by atoms with Crippen LogP contribution in [-0.4, -0.2) is 47.4 Å². The van der Waals surface area contributed by atoms with Crippen molar-refractivity contribution in [3.63, 3.8) is 0 Å². The monoisotopic (exact) mass is 1220 g/mol. The van der Waals surface area contributed by atoms with Gasteiger partial charge in [-0.3, -0.25) is 9.59 Å². The Kier molecular flexibility index (Phi) is 75.3. The van der Waals surface area contributed by atoms with Crippen molar-refractivity contribution in [2.75, 3.05) is 13.2 Å². The molecule has 0 heterocycles. The molecule has 0 aliphatic rings. The molecule has 0 spiro atoms. The average Bonchev–Trinajstić information content (AvgIpc) is 3.53. The number of esters is 1. The van der Waals surface area contributed by atoms with E-state index in [9.17, 15) is 19.8 Å². The van der Waals surface area contributed by atoms with Gasteiger partial charge >= 0.3 is 5.97 Å². The van der Waals surface area contributed by atoms with Crippen molar-refractivity contribution in [1.29, 1.82) is 0 Å². The van der Waals surface area contributed by atoms with Gasteiger partial charge in [-0.05, 0) is 57.8 Å². The maximum absolute atomic E-state index is 12.5. The van der Waals surface area contributed by atoms with E-state index in [2.05, 4.69) is 31.3 Å². The standard InChI is InChI=1S/C81H157NO5/c1-3-5-7-9-11-13-15-17-19-21-22-38-42-45-49-53-57-61-65-69-73-79(84)78(77-83)82-80(85)74-70-66-62-58-54-50-46-43-39-36-34-32-30-28-26-24-23-25-27-29-31-33-35-37-40-44-48-52-56-60-64-68-72-76-87-81(86)75-71-67-63-59-55-51-47-41-20-18-16-14-12-10-8-6-4-2/h18,20,69,73,78-79,83-84H,3-17,19,21-68,70-72,74-77H2,1-2H3,(H,82,85)/b20-18-,73-69+. The van der Waals surface area contributed by atoms with Crippen molar-refractivity contribution >= 4 is 11.9 Å². The minimum atomic E-state index is -0.842. The molecule has 0 rings (SSSR count). The molecule has 0 fully saturated rings. The van der Waals surface area contributed by atoms with Crippen LogP contribution in [0.5, 0.6) is 0 Å². The number of amides is 1. The number of unbranched alkanes of at least 4 members (excludes halogenated alkanes) is 63. The summed E-state index contributed by atoms with van der Waals surface area (Å²) in [6.45, 7) is 4.95. The Morgan fingerprint density at radius 2 is 0.540 bits per heavy atom. The van der Waals surface area contributed by atoms with E-state index >= 15 is 0 Å². The summed E-state index contributed by atoms with van der Waals surface area (Å²) in [5, 5.41) is 23.3. The minimum absolute atomic E-state index is 0.0191. The van der Waals surface area contributed by atoms with E-state index in [1.165, 1.54) is 392 Å². The highest BCUT2D eigenvalue weighted by atomic mass is 16.5. The summed E-state index contributed by atoms with van der Waals surface area (Å²) in [5.41, 5.74) is 0. The first-order valence-electron chi connectivity index (χ1n) is 40.1. The molecule has 87 heavy (non-hydrogen) atoms. The van der Waals surface area contributed by atoms with E-state index < -0.39 is 12.1 Å². The lowest BCUT2D eigenvalue weighted by molar-refractivity contribution is -0.143. The Balaban J connectivity index is 3.33. The first-order chi connectivity index (χ1) is 43.0. The molecule has 3 N–H and O–H groups in total. The molecule has 0 saturated carbocycles. The van der Waals surface area contributed by atoms with E-state index in [0.29, 0.717) is 19.4 Å². The number of ether oxygens (including phenoxy) is 1. The van der Waals surface area contributed by atoms with Crippen LogP contribution in [0, 0.1) is 0 Å².